The van der Waals surface area contributed by atoms with E-state index in [2.05, 4.69) is 27.1 Å². The second kappa shape index (κ2) is 10.5. The van der Waals surface area contributed by atoms with Crippen LogP contribution in [0.5, 0.6) is 5.75 Å². The van der Waals surface area contributed by atoms with Gasteiger partial charge in [-0.05, 0) is 23.8 Å². The number of nitrogens with two attached hydrogens (primary N) is 1. The van der Waals surface area contributed by atoms with Crippen molar-refractivity contribution in [2.75, 3.05) is 33.6 Å². The molecule has 0 saturated heterocycles. The van der Waals surface area contributed by atoms with E-state index in [0.717, 1.165) is 19.8 Å². The second-order valence-electron chi connectivity index (χ2n) is 7.98. The monoisotopic (exact) mass is 521 g/mol. The molecule has 0 radical (unpaired) electrons. The van der Waals surface area contributed by atoms with Crippen molar-refractivity contribution < 1.29 is 28.6 Å². The van der Waals surface area contributed by atoms with Crippen LogP contribution in [0.2, 0.25) is 0 Å². The number of carbonyl (C=O) groups is 3. The number of benzene rings is 1. The summed E-state index contributed by atoms with van der Waals surface area (Å²) in [4.78, 5) is 48.4. The second-order valence-corrected chi connectivity index (χ2v) is 8.87. The van der Waals surface area contributed by atoms with Crippen LogP contribution in [0.3, 0.4) is 0 Å². The molecule has 0 unspecified atom stereocenters. The number of methoxy groups -OCH3 is 3. The van der Waals surface area contributed by atoms with E-state index in [0.29, 0.717) is 33.3 Å². The predicted octanol–water partition coefficient (Wildman–Crippen LogP) is 2.07. The van der Waals surface area contributed by atoms with Gasteiger partial charge in [0.15, 0.2) is 5.13 Å². The van der Waals surface area contributed by atoms with Gasteiger partial charge in [0.05, 0.1) is 33.6 Å². The first kappa shape index (κ1) is 25.5. The number of fused-ring (bicyclic) bond motifs is 1. The normalized spacial score (nSPS) is 13.6. The van der Waals surface area contributed by atoms with Crippen molar-refractivity contribution in [3.05, 3.63) is 58.7 Å². The minimum Gasteiger partial charge on any atom is -0.497 e. The lowest BCUT2D eigenvalue weighted by molar-refractivity contribution is -0.146. The molecule has 1 aromatic carbocycles. The summed E-state index contributed by atoms with van der Waals surface area (Å²) in [5, 5.41) is 4.67. The zero-order valence-electron chi connectivity index (χ0n) is 20.2. The van der Waals surface area contributed by atoms with E-state index < -0.39 is 17.6 Å². The van der Waals surface area contributed by atoms with Crippen LogP contribution in [0, 0.1) is 11.8 Å². The number of aromatic nitrogens is 2. The molecule has 1 aliphatic rings. The van der Waals surface area contributed by atoms with Crippen LogP contribution in [0.15, 0.2) is 42.0 Å². The van der Waals surface area contributed by atoms with Crippen LogP contribution in [-0.2, 0) is 20.8 Å². The molecule has 12 heteroatoms. The predicted molar refractivity (Wildman–Crippen MR) is 135 cm³/mol. The number of nitrogens with zero attached hydrogens (tertiary/aromatic N) is 3. The van der Waals surface area contributed by atoms with E-state index in [1.165, 1.54) is 29.5 Å². The summed E-state index contributed by atoms with van der Waals surface area (Å²) >= 11 is 1.29. The lowest BCUT2D eigenvalue weighted by atomic mass is 9.98. The van der Waals surface area contributed by atoms with Gasteiger partial charge in [-0.15, -0.1) is 11.3 Å². The van der Waals surface area contributed by atoms with Gasteiger partial charge in [0.1, 0.15) is 5.75 Å². The first-order valence-corrected chi connectivity index (χ1v) is 11.8. The van der Waals surface area contributed by atoms with Crippen molar-refractivity contribution >= 4 is 34.4 Å². The maximum absolute atomic E-state index is 13.2. The molecule has 4 rings (SSSR count). The van der Waals surface area contributed by atoms with Gasteiger partial charge in [-0.3, -0.25) is 15.1 Å². The summed E-state index contributed by atoms with van der Waals surface area (Å²) < 4.78 is 15.0. The topological polar surface area (TPSA) is 146 Å². The van der Waals surface area contributed by atoms with Crippen LogP contribution >= 0.6 is 11.3 Å². The van der Waals surface area contributed by atoms with Crippen molar-refractivity contribution in [1.29, 1.82) is 0 Å². The number of anilines is 1. The molecular formula is C25H23N5O6S. The fourth-order valence-electron chi connectivity index (χ4n) is 3.81. The number of hydrogen-bond acceptors (Lipinski definition) is 10. The number of alkyl carbamates (subject to hydrolysis) is 1. The highest BCUT2D eigenvalue weighted by Crippen LogP contribution is 2.28. The third kappa shape index (κ3) is 5.31. The summed E-state index contributed by atoms with van der Waals surface area (Å²) in [5.74, 6) is 4.99. The molecule has 1 aliphatic heterocycles. The summed E-state index contributed by atoms with van der Waals surface area (Å²) in [6.45, 7) is -0.100. The van der Waals surface area contributed by atoms with Crippen molar-refractivity contribution in [1.82, 2.24) is 20.2 Å². The van der Waals surface area contributed by atoms with Crippen molar-refractivity contribution in [3.63, 3.8) is 0 Å². The molecule has 0 spiro atoms. The van der Waals surface area contributed by atoms with E-state index in [-0.39, 0.29) is 19.0 Å². The van der Waals surface area contributed by atoms with E-state index in [9.17, 15) is 14.4 Å². The van der Waals surface area contributed by atoms with Crippen LogP contribution in [0.25, 0.3) is 11.3 Å². The Balaban J connectivity index is 1.71. The number of pyridine rings is 1. The molecule has 0 aliphatic carbocycles. The molecule has 0 fully saturated rings. The van der Waals surface area contributed by atoms with E-state index in [1.54, 1.807) is 35.8 Å². The lowest BCUT2D eigenvalue weighted by Crippen LogP contribution is -2.60. The number of hydrogen-bond donors (Lipinski definition) is 2. The van der Waals surface area contributed by atoms with Crippen molar-refractivity contribution in [2.24, 2.45) is 0 Å². The Morgan fingerprint density at radius 3 is 2.70 bits per heavy atom. The highest BCUT2D eigenvalue weighted by Gasteiger charge is 2.45. The highest BCUT2D eigenvalue weighted by atomic mass is 32.1. The number of nitrogen functional groups attached to an aromatic ring is 1. The smallest absolute Gasteiger partial charge is 0.408 e. The van der Waals surface area contributed by atoms with Gasteiger partial charge in [0, 0.05) is 41.0 Å². The fraction of sp³-hybridized carbons (Fsp3) is 0.240. The average Bonchev–Trinajstić information content (AvgIpc) is 3.49. The number of rotatable bonds is 6. The maximum atomic E-state index is 13.2. The molecule has 0 saturated carbocycles. The quantitative estimate of drug-likeness (QED) is 0.368. The molecule has 2 aromatic heterocycles. The van der Waals surface area contributed by atoms with Crippen LogP contribution in [0.1, 0.15) is 21.5 Å². The fourth-order valence-corrected chi connectivity index (χ4v) is 4.38. The first-order chi connectivity index (χ1) is 17.8. The number of thiazole rings is 1. The Morgan fingerprint density at radius 1 is 1.22 bits per heavy atom. The van der Waals surface area contributed by atoms with Gasteiger partial charge in [-0.1, -0.05) is 17.9 Å². The molecule has 1 atom stereocenters. The largest absolute Gasteiger partial charge is 0.497 e. The molecule has 37 heavy (non-hydrogen) atoms. The Labute approximate surface area is 216 Å². The molecular weight excluding hydrogens is 498 g/mol. The van der Waals surface area contributed by atoms with Gasteiger partial charge in [0.2, 0.25) is 5.54 Å². The van der Waals surface area contributed by atoms with Crippen molar-refractivity contribution in [3.8, 4) is 28.8 Å². The number of carbonyl (C=O) groups excluding carboxylic acids is 3. The Kier molecular flexibility index (Phi) is 7.26. The first-order valence-electron chi connectivity index (χ1n) is 10.9. The SMILES string of the molecule is COC(=O)N[C@](C#Cc1cncc(-c2csc(N)n2)c1)(CN1Cc2ccc(OC)cc2C1=O)C(=O)OC. The number of amides is 2. The third-order valence-corrected chi connectivity index (χ3v) is 6.31. The van der Waals surface area contributed by atoms with Crippen LogP contribution < -0.4 is 15.8 Å². The Bertz CT molecular complexity index is 1430. The molecule has 11 nitrogen and oxygen atoms in total. The van der Waals surface area contributed by atoms with Crippen molar-refractivity contribution in [2.45, 2.75) is 12.1 Å². The van der Waals surface area contributed by atoms with Gasteiger partial charge in [-0.25, -0.2) is 14.6 Å². The average molecular weight is 522 g/mol. The van der Waals surface area contributed by atoms with Gasteiger partial charge >= 0.3 is 12.1 Å². The van der Waals surface area contributed by atoms with E-state index in [1.807, 2.05) is 0 Å². The molecule has 3 aromatic rings. The number of nitrogens with one attached hydrogen (secondary N) is 1. The number of ether oxygens (including phenoxy) is 3. The van der Waals surface area contributed by atoms with Crippen LogP contribution in [-0.4, -0.2) is 66.3 Å². The van der Waals surface area contributed by atoms with Crippen LogP contribution in [0.4, 0.5) is 9.93 Å². The molecule has 0 bridgehead atoms. The molecule has 3 heterocycles. The Morgan fingerprint density at radius 2 is 2.03 bits per heavy atom. The summed E-state index contributed by atoms with van der Waals surface area (Å²) in [6, 6.07) is 6.86. The number of esters is 1. The third-order valence-electron chi connectivity index (χ3n) is 5.63. The molecule has 3 N–H and O–H groups in total. The standard InChI is InChI=1S/C25H23N5O6S/c1-34-18-5-4-16-12-30(21(31)19(16)9-18)14-25(22(32)35-2,29-24(33)36-3)7-6-15-8-17(11-27-10-15)20-13-37-23(26)28-20/h4-5,8-11,13H,12,14H2,1-3H3,(H2,26,28)(H,29,33)/t25-/m1/s1. The summed E-state index contributed by atoms with van der Waals surface area (Å²) in [6.07, 6.45) is 2.18. The molecule has 2 amide bonds. The Hall–Kier alpha value is -4.63. The maximum Gasteiger partial charge on any atom is 0.408 e. The van der Waals surface area contributed by atoms with Gasteiger partial charge in [0.25, 0.3) is 5.91 Å². The minimum atomic E-state index is -1.94. The van der Waals surface area contributed by atoms with E-state index in [4.69, 9.17) is 19.9 Å². The van der Waals surface area contributed by atoms with Gasteiger partial charge in [-0.2, -0.15) is 0 Å². The zero-order valence-corrected chi connectivity index (χ0v) is 21.0. The van der Waals surface area contributed by atoms with E-state index >= 15 is 0 Å². The highest BCUT2D eigenvalue weighted by molar-refractivity contribution is 7.13. The van der Waals surface area contributed by atoms with Gasteiger partial charge < -0.3 is 24.8 Å². The molecule has 190 valence electrons. The summed E-state index contributed by atoms with van der Waals surface area (Å²) in [7, 11) is 3.82. The zero-order chi connectivity index (χ0) is 26.6. The lowest BCUT2D eigenvalue weighted by Gasteiger charge is -2.30. The minimum absolute atomic E-state index is 0.198. The summed E-state index contributed by atoms with van der Waals surface area (Å²) in [5.41, 5.74) is 6.70.